The van der Waals surface area contributed by atoms with Gasteiger partial charge in [-0.3, -0.25) is 4.79 Å². The Bertz CT molecular complexity index is 348. The number of likely N-dealkylation sites (N-methyl/N-ethyl adjacent to an activating group) is 2. The van der Waals surface area contributed by atoms with Crippen LogP contribution in [0.5, 0.6) is 0 Å². The van der Waals surface area contributed by atoms with E-state index in [4.69, 9.17) is 5.73 Å². The minimum absolute atomic E-state index is 0.0682. The number of hydrogen-bond donors (Lipinski definition) is 1. The van der Waals surface area contributed by atoms with Crippen molar-refractivity contribution in [3.8, 4) is 0 Å². The lowest BCUT2D eigenvalue weighted by Crippen LogP contribution is -2.36. The number of aromatic nitrogens is 1. The third-order valence-corrected chi connectivity index (χ3v) is 2.34. The smallest absolute Gasteiger partial charge is 0.241 e. The van der Waals surface area contributed by atoms with Crippen LogP contribution in [0, 0.1) is 0 Å². The number of hydrogen-bond acceptors (Lipinski definition) is 4. The quantitative estimate of drug-likeness (QED) is 0.809. The highest BCUT2D eigenvalue weighted by molar-refractivity contribution is 5.80. The molecule has 0 aliphatic carbocycles. The Kier molecular flexibility index (Phi) is 4.10. The highest BCUT2D eigenvalue weighted by atomic mass is 16.2. The van der Waals surface area contributed by atoms with Crippen LogP contribution in [-0.4, -0.2) is 43.0 Å². The summed E-state index contributed by atoms with van der Waals surface area (Å²) in [6, 6.07) is 3.60. The van der Waals surface area contributed by atoms with Crippen LogP contribution in [0.4, 0.5) is 11.5 Å². The van der Waals surface area contributed by atoms with E-state index in [1.165, 1.54) is 0 Å². The molecule has 0 bridgehead atoms. The molecule has 1 rings (SSSR count). The molecule has 5 heteroatoms. The Labute approximate surface area is 95.9 Å². The Hall–Kier alpha value is -1.78. The van der Waals surface area contributed by atoms with Crippen LogP contribution in [0.3, 0.4) is 0 Å². The van der Waals surface area contributed by atoms with Gasteiger partial charge in [-0.25, -0.2) is 4.98 Å². The van der Waals surface area contributed by atoms with E-state index < -0.39 is 0 Å². The molecule has 0 atom stereocenters. The molecular formula is C11H18N4O. The van der Waals surface area contributed by atoms with E-state index in [1.807, 2.05) is 17.9 Å². The summed E-state index contributed by atoms with van der Waals surface area (Å²) in [4.78, 5) is 19.1. The molecule has 0 saturated heterocycles. The Morgan fingerprint density at radius 3 is 2.56 bits per heavy atom. The highest BCUT2D eigenvalue weighted by Gasteiger charge is 2.11. The fraction of sp³-hybridized carbons (Fsp3) is 0.455. The van der Waals surface area contributed by atoms with E-state index in [9.17, 15) is 4.79 Å². The lowest BCUT2D eigenvalue weighted by Gasteiger charge is -2.23. The molecule has 1 aromatic rings. The minimum Gasteiger partial charge on any atom is -0.384 e. The zero-order chi connectivity index (χ0) is 12.1. The van der Waals surface area contributed by atoms with Crippen LogP contribution in [-0.2, 0) is 4.79 Å². The lowest BCUT2D eigenvalue weighted by atomic mass is 10.3. The molecule has 0 saturated carbocycles. The normalized spacial score (nSPS) is 9.94. The molecule has 1 heterocycles. The first-order valence-corrected chi connectivity index (χ1v) is 5.21. The van der Waals surface area contributed by atoms with Crippen molar-refractivity contribution in [2.45, 2.75) is 6.92 Å². The zero-order valence-electron chi connectivity index (χ0n) is 9.97. The fourth-order valence-electron chi connectivity index (χ4n) is 1.27. The number of carbonyl (C=O) groups excluding carboxylic acids is 1. The van der Waals surface area contributed by atoms with Crippen molar-refractivity contribution in [2.75, 3.05) is 37.8 Å². The monoisotopic (exact) mass is 222 g/mol. The minimum atomic E-state index is 0.0682. The van der Waals surface area contributed by atoms with Crippen molar-refractivity contribution in [2.24, 2.45) is 0 Å². The van der Waals surface area contributed by atoms with Crippen LogP contribution in [0.15, 0.2) is 18.3 Å². The third-order valence-electron chi connectivity index (χ3n) is 2.34. The SMILES string of the molecule is CCN(CC(=O)N(C)C)c1ccc(N)nc1. The first-order valence-electron chi connectivity index (χ1n) is 5.21. The summed E-state index contributed by atoms with van der Waals surface area (Å²) in [5, 5.41) is 0. The van der Waals surface area contributed by atoms with E-state index in [1.54, 1.807) is 31.3 Å². The Morgan fingerprint density at radius 1 is 1.44 bits per heavy atom. The van der Waals surface area contributed by atoms with E-state index in [0.29, 0.717) is 12.4 Å². The van der Waals surface area contributed by atoms with Crippen LogP contribution >= 0.6 is 0 Å². The number of pyridine rings is 1. The maximum atomic E-state index is 11.6. The van der Waals surface area contributed by atoms with Gasteiger partial charge in [-0.05, 0) is 19.1 Å². The second-order valence-corrected chi connectivity index (χ2v) is 3.74. The molecule has 5 nitrogen and oxygen atoms in total. The maximum absolute atomic E-state index is 11.6. The van der Waals surface area contributed by atoms with Crippen LogP contribution < -0.4 is 10.6 Å². The predicted molar refractivity (Wildman–Crippen MR) is 65.2 cm³/mol. The molecule has 0 aromatic carbocycles. The van der Waals surface area contributed by atoms with Crippen LogP contribution in [0.25, 0.3) is 0 Å². The van der Waals surface area contributed by atoms with Crippen molar-refractivity contribution in [1.82, 2.24) is 9.88 Å². The molecular weight excluding hydrogens is 204 g/mol. The van der Waals surface area contributed by atoms with Gasteiger partial charge in [-0.15, -0.1) is 0 Å². The maximum Gasteiger partial charge on any atom is 0.241 e. The van der Waals surface area contributed by atoms with Gasteiger partial charge in [0.25, 0.3) is 0 Å². The van der Waals surface area contributed by atoms with Crippen molar-refractivity contribution in [1.29, 1.82) is 0 Å². The van der Waals surface area contributed by atoms with Crippen molar-refractivity contribution in [3.63, 3.8) is 0 Å². The third kappa shape index (κ3) is 3.12. The molecule has 16 heavy (non-hydrogen) atoms. The van der Waals surface area contributed by atoms with Gasteiger partial charge >= 0.3 is 0 Å². The van der Waals surface area contributed by atoms with E-state index in [0.717, 1.165) is 12.2 Å². The zero-order valence-corrected chi connectivity index (χ0v) is 9.97. The van der Waals surface area contributed by atoms with Crippen LogP contribution in [0.1, 0.15) is 6.92 Å². The van der Waals surface area contributed by atoms with Gasteiger partial charge < -0.3 is 15.5 Å². The summed E-state index contributed by atoms with van der Waals surface area (Å²) < 4.78 is 0. The second-order valence-electron chi connectivity index (χ2n) is 3.74. The van der Waals surface area contributed by atoms with Gasteiger partial charge in [0.1, 0.15) is 5.82 Å². The van der Waals surface area contributed by atoms with Crippen LogP contribution in [0.2, 0.25) is 0 Å². The van der Waals surface area contributed by atoms with Gasteiger partial charge in [0, 0.05) is 20.6 Å². The first kappa shape index (κ1) is 12.3. The molecule has 88 valence electrons. The summed E-state index contributed by atoms with van der Waals surface area (Å²) in [6.45, 7) is 3.11. The standard InChI is InChI=1S/C11H18N4O/c1-4-15(8-11(16)14(2)3)9-5-6-10(12)13-7-9/h5-7H,4,8H2,1-3H3,(H2,12,13). The second kappa shape index (κ2) is 5.34. The van der Waals surface area contributed by atoms with Gasteiger partial charge in [-0.1, -0.05) is 0 Å². The number of carbonyl (C=O) groups is 1. The molecule has 0 spiro atoms. The van der Waals surface area contributed by atoms with Crippen molar-refractivity contribution >= 4 is 17.4 Å². The highest BCUT2D eigenvalue weighted by Crippen LogP contribution is 2.13. The van der Waals surface area contributed by atoms with Crippen molar-refractivity contribution < 1.29 is 4.79 Å². The topological polar surface area (TPSA) is 62.5 Å². The summed E-state index contributed by atoms with van der Waals surface area (Å²) in [5.74, 6) is 0.553. The summed E-state index contributed by atoms with van der Waals surface area (Å²) >= 11 is 0. The Morgan fingerprint density at radius 2 is 2.12 bits per heavy atom. The molecule has 1 amide bonds. The molecule has 0 aliphatic heterocycles. The summed E-state index contributed by atoms with van der Waals surface area (Å²) in [5.41, 5.74) is 6.42. The average Bonchev–Trinajstić information content (AvgIpc) is 2.26. The van der Waals surface area contributed by atoms with Gasteiger partial charge in [0.15, 0.2) is 0 Å². The molecule has 1 aromatic heterocycles. The first-order chi connectivity index (χ1) is 7.54. The van der Waals surface area contributed by atoms with Crippen molar-refractivity contribution in [3.05, 3.63) is 18.3 Å². The molecule has 0 radical (unpaired) electrons. The van der Waals surface area contributed by atoms with E-state index in [-0.39, 0.29) is 5.91 Å². The van der Waals surface area contributed by atoms with Gasteiger partial charge in [-0.2, -0.15) is 0 Å². The van der Waals surface area contributed by atoms with E-state index in [2.05, 4.69) is 4.98 Å². The number of anilines is 2. The molecule has 0 unspecified atom stereocenters. The number of rotatable bonds is 4. The lowest BCUT2D eigenvalue weighted by molar-refractivity contribution is -0.127. The molecule has 2 N–H and O–H groups in total. The molecule has 0 fully saturated rings. The number of nitrogens with two attached hydrogens (primary N) is 1. The Balaban J connectivity index is 2.74. The predicted octanol–water partition coefficient (Wildman–Crippen LogP) is 0.578. The molecule has 0 aliphatic rings. The number of nitrogen functional groups attached to an aromatic ring is 1. The van der Waals surface area contributed by atoms with E-state index >= 15 is 0 Å². The fourth-order valence-corrected chi connectivity index (χ4v) is 1.27. The number of nitrogens with zero attached hydrogens (tertiary/aromatic N) is 3. The number of amides is 1. The summed E-state index contributed by atoms with van der Waals surface area (Å²) in [7, 11) is 3.49. The average molecular weight is 222 g/mol. The largest absolute Gasteiger partial charge is 0.384 e. The van der Waals surface area contributed by atoms with Gasteiger partial charge in [0.05, 0.1) is 18.4 Å². The van der Waals surface area contributed by atoms with Gasteiger partial charge in [0.2, 0.25) is 5.91 Å². The summed E-state index contributed by atoms with van der Waals surface area (Å²) in [6.07, 6.45) is 1.68.